The van der Waals surface area contributed by atoms with E-state index in [4.69, 9.17) is 9.47 Å². The largest absolute Gasteiger partial charge is 0.484 e. The quantitative estimate of drug-likeness (QED) is 0.537. The second-order valence-electron chi connectivity index (χ2n) is 11.9. The lowest BCUT2D eigenvalue weighted by atomic mass is 9.65. The average Bonchev–Trinajstić information content (AvgIpc) is 2.81. The topological polar surface area (TPSA) is 81.7 Å². The van der Waals surface area contributed by atoms with Crippen LogP contribution in [0.25, 0.3) is 0 Å². The Kier molecular flexibility index (Phi) is 6.30. The van der Waals surface area contributed by atoms with Crippen LogP contribution in [0.1, 0.15) is 64.9 Å². The maximum atomic E-state index is 13.4. The van der Waals surface area contributed by atoms with E-state index in [-0.39, 0.29) is 34.9 Å². The summed E-state index contributed by atoms with van der Waals surface area (Å²) in [6.45, 7) is 8.18. The Hall–Kier alpha value is -3.67. The zero-order valence-electron chi connectivity index (χ0n) is 21.9. The first-order valence-electron chi connectivity index (χ1n) is 12.8. The number of Topliss-reactive ketones (excluding diaryl/α,β-unsaturated/α-hetero) is 2. The number of anilines is 1. The number of allylic oxidation sites excluding steroid dienone is 4. The van der Waals surface area contributed by atoms with Gasteiger partial charge in [0.1, 0.15) is 17.3 Å². The van der Waals surface area contributed by atoms with Gasteiger partial charge in [0.15, 0.2) is 18.2 Å². The van der Waals surface area contributed by atoms with Gasteiger partial charge in [0.25, 0.3) is 5.91 Å². The Morgan fingerprint density at radius 3 is 1.92 bits per heavy atom. The fraction of sp³-hybridized carbons (Fsp3) is 0.387. The third kappa shape index (κ3) is 5.24. The van der Waals surface area contributed by atoms with Crippen LogP contribution in [0.3, 0.4) is 0 Å². The lowest BCUT2D eigenvalue weighted by Crippen LogP contribution is -2.37. The minimum atomic E-state index is -0.443. The number of hydrogen-bond acceptors (Lipinski definition) is 5. The van der Waals surface area contributed by atoms with Gasteiger partial charge >= 0.3 is 0 Å². The Morgan fingerprint density at radius 2 is 1.38 bits per heavy atom. The minimum absolute atomic E-state index is 0.0401. The highest BCUT2D eigenvalue weighted by Crippen LogP contribution is 2.53. The van der Waals surface area contributed by atoms with Gasteiger partial charge < -0.3 is 14.8 Å². The first kappa shape index (κ1) is 25.0. The van der Waals surface area contributed by atoms with Crippen LogP contribution in [-0.2, 0) is 19.1 Å². The second-order valence-corrected chi connectivity index (χ2v) is 11.9. The van der Waals surface area contributed by atoms with Gasteiger partial charge in [-0.05, 0) is 40.7 Å². The molecule has 192 valence electrons. The van der Waals surface area contributed by atoms with Crippen LogP contribution >= 0.6 is 0 Å². The highest BCUT2D eigenvalue weighted by Gasteiger charge is 2.47. The zero-order valence-corrected chi connectivity index (χ0v) is 21.9. The number of amides is 1. The lowest BCUT2D eigenvalue weighted by molar-refractivity contribution is -0.120. The molecule has 3 aliphatic rings. The lowest BCUT2D eigenvalue weighted by Gasteiger charge is -2.42. The van der Waals surface area contributed by atoms with Crippen molar-refractivity contribution in [3.63, 3.8) is 0 Å². The molecule has 1 N–H and O–H groups in total. The smallest absolute Gasteiger partial charge is 0.262 e. The van der Waals surface area contributed by atoms with Gasteiger partial charge in [0.2, 0.25) is 0 Å². The van der Waals surface area contributed by atoms with Crippen LogP contribution in [0.15, 0.2) is 77.3 Å². The summed E-state index contributed by atoms with van der Waals surface area (Å²) < 4.78 is 12.0. The molecule has 1 amide bonds. The molecule has 37 heavy (non-hydrogen) atoms. The van der Waals surface area contributed by atoms with Crippen molar-refractivity contribution in [3.8, 4) is 5.75 Å². The fourth-order valence-corrected chi connectivity index (χ4v) is 5.63. The highest BCUT2D eigenvalue weighted by atomic mass is 16.5. The van der Waals surface area contributed by atoms with Crippen molar-refractivity contribution in [1.29, 1.82) is 0 Å². The third-order valence-corrected chi connectivity index (χ3v) is 7.22. The number of rotatable bonds is 5. The van der Waals surface area contributed by atoms with E-state index in [9.17, 15) is 14.4 Å². The van der Waals surface area contributed by atoms with Crippen LogP contribution in [0.5, 0.6) is 5.75 Å². The molecule has 0 unspecified atom stereocenters. The molecule has 1 heterocycles. The summed E-state index contributed by atoms with van der Waals surface area (Å²) in [6, 6.07) is 16.6. The summed E-state index contributed by atoms with van der Waals surface area (Å²) in [5.74, 6) is 1.32. The van der Waals surface area contributed by atoms with E-state index in [1.54, 1.807) is 12.1 Å². The molecule has 6 heteroatoms. The molecular formula is C31H33NO5. The van der Waals surface area contributed by atoms with Crippen molar-refractivity contribution in [2.45, 2.75) is 59.3 Å². The van der Waals surface area contributed by atoms with Gasteiger partial charge in [-0.3, -0.25) is 14.4 Å². The van der Waals surface area contributed by atoms with Crippen molar-refractivity contribution in [3.05, 3.63) is 82.8 Å². The number of carbonyl (C=O) groups excluding carboxylic acids is 3. The molecule has 0 bridgehead atoms. The standard InChI is InChI=1S/C31H33NO5/c1-30(2)14-22(33)28-24(16-30)37-25-17-31(3,4)15-23(34)29(25)27(28)19-10-12-21(13-11-19)36-18-26(35)32-20-8-6-5-7-9-20/h5-13,27H,14-18H2,1-4H3,(H,32,35). The molecule has 0 atom stereocenters. The number of benzene rings is 2. The second kappa shape index (κ2) is 9.33. The van der Waals surface area contributed by atoms with E-state index in [0.717, 1.165) is 5.56 Å². The van der Waals surface area contributed by atoms with E-state index in [2.05, 4.69) is 33.0 Å². The number of para-hydroxylation sites is 1. The molecule has 0 saturated heterocycles. The maximum absolute atomic E-state index is 13.4. The van der Waals surface area contributed by atoms with Gasteiger partial charge in [-0.25, -0.2) is 0 Å². The summed E-state index contributed by atoms with van der Waals surface area (Å²) in [6.07, 6.45) is 2.17. The molecule has 5 rings (SSSR count). The minimum Gasteiger partial charge on any atom is -0.484 e. The van der Waals surface area contributed by atoms with Crippen molar-refractivity contribution < 1.29 is 23.9 Å². The number of ether oxygens (including phenoxy) is 2. The van der Waals surface area contributed by atoms with E-state index in [1.165, 1.54) is 0 Å². The number of ketones is 2. The maximum Gasteiger partial charge on any atom is 0.262 e. The molecule has 1 aliphatic heterocycles. The molecular weight excluding hydrogens is 466 g/mol. The van der Waals surface area contributed by atoms with Crippen molar-refractivity contribution in [1.82, 2.24) is 0 Å². The van der Waals surface area contributed by atoms with Gasteiger partial charge in [0, 0.05) is 48.4 Å². The molecule has 2 aliphatic carbocycles. The zero-order chi connectivity index (χ0) is 26.4. The Labute approximate surface area is 217 Å². The molecule has 0 saturated carbocycles. The highest BCUT2D eigenvalue weighted by molar-refractivity contribution is 6.06. The van der Waals surface area contributed by atoms with Gasteiger partial charge in [-0.15, -0.1) is 0 Å². The normalized spacial score (nSPS) is 20.6. The van der Waals surface area contributed by atoms with E-state index < -0.39 is 5.92 Å². The van der Waals surface area contributed by atoms with Crippen LogP contribution in [-0.4, -0.2) is 24.1 Å². The monoisotopic (exact) mass is 499 g/mol. The summed E-state index contributed by atoms with van der Waals surface area (Å²) in [5.41, 5.74) is 2.41. The summed E-state index contributed by atoms with van der Waals surface area (Å²) >= 11 is 0. The molecule has 0 fully saturated rings. The van der Waals surface area contributed by atoms with Gasteiger partial charge in [-0.2, -0.15) is 0 Å². The van der Waals surface area contributed by atoms with Gasteiger partial charge in [-0.1, -0.05) is 58.0 Å². The first-order valence-corrected chi connectivity index (χ1v) is 12.8. The van der Waals surface area contributed by atoms with Crippen LogP contribution in [0, 0.1) is 10.8 Å². The molecule has 0 radical (unpaired) electrons. The third-order valence-electron chi connectivity index (χ3n) is 7.22. The average molecular weight is 500 g/mol. The van der Waals surface area contributed by atoms with Gasteiger partial charge in [0.05, 0.1) is 0 Å². The molecule has 2 aromatic rings. The SMILES string of the molecule is CC1(C)CC(=O)C2=C(C1)OC1=C(C(=O)CC(C)(C)C1)C2c1ccc(OCC(=O)Nc2ccccc2)cc1. The van der Waals surface area contributed by atoms with Crippen LogP contribution in [0.2, 0.25) is 0 Å². The van der Waals surface area contributed by atoms with E-state index in [1.807, 2.05) is 42.5 Å². The molecule has 6 nitrogen and oxygen atoms in total. The Bertz CT molecular complexity index is 1260. The predicted molar refractivity (Wildman–Crippen MR) is 141 cm³/mol. The van der Waals surface area contributed by atoms with Crippen molar-refractivity contribution in [2.24, 2.45) is 10.8 Å². The number of carbonyl (C=O) groups is 3. The summed E-state index contributed by atoms with van der Waals surface area (Å²) in [7, 11) is 0. The predicted octanol–water partition coefficient (Wildman–Crippen LogP) is 6.10. The summed E-state index contributed by atoms with van der Waals surface area (Å²) in [5, 5.41) is 2.80. The fourth-order valence-electron chi connectivity index (χ4n) is 5.63. The van der Waals surface area contributed by atoms with Crippen molar-refractivity contribution >= 4 is 23.2 Å². The molecule has 0 aromatic heterocycles. The van der Waals surface area contributed by atoms with E-state index >= 15 is 0 Å². The van der Waals surface area contributed by atoms with Crippen LogP contribution in [0.4, 0.5) is 5.69 Å². The van der Waals surface area contributed by atoms with Crippen LogP contribution < -0.4 is 10.1 Å². The number of nitrogens with one attached hydrogen (secondary N) is 1. The van der Waals surface area contributed by atoms with Crippen molar-refractivity contribution in [2.75, 3.05) is 11.9 Å². The first-order chi connectivity index (χ1) is 17.5. The summed E-state index contributed by atoms with van der Waals surface area (Å²) in [4.78, 5) is 39.0. The van der Waals surface area contributed by atoms with E-state index in [0.29, 0.717) is 59.8 Å². The Balaban J connectivity index is 1.41. The number of hydrogen-bond donors (Lipinski definition) is 1. The molecule has 2 aromatic carbocycles. The molecule has 0 spiro atoms. The Morgan fingerprint density at radius 1 is 0.838 bits per heavy atom.